The zero-order valence-corrected chi connectivity index (χ0v) is 21.9. The van der Waals surface area contributed by atoms with Gasteiger partial charge in [-0.25, -0.2) is 4.99 Å². The van der Waals surface area contributed by atoms with Crippen molar-refractivity contribution in [3.63, 3.8) is 0 Å². The second-order valence-corrected chi connectivity index (χ2v) is 9.67. The lowest BCUT2D eigenvalue weighted by molar-refractivity contribution is -0.132. The third kappa shape index (κ3) is 5.72. The van der Waals surface area contributed by atoms with E-state index in [2.05, 4.69) is 54.7 Å². The van der Waals surface area contributed by atoms with Gasteiger partial charge in [-0.3, -0.25) is 9.78 Å². The Bertz CT molecular complexity index is 1010. The molecule has 5 nitrogen and oxygen atoms in total. The Balaban J connectivity index is 2.04. The minimum Gasteiger partial charge on any atom is -0.327 e. The number of hydrogen-bond acceptors (Lipinski definition) is 5. The number of aliphatic imine (C=N–C) groups is 1. The number of pyridine rings is 1. The molecule has 1 aromatic heterocycles. The van der Waals surface area contributed by atoms with Gasteiger partial charge in [0.15, 0.2) is 0 Å². The first-order valence-electron chi connectivity index (χ1n) is 12.2. The van der Waals surface area contributed by atoms with Gasteiger partial charge in [0.1, 0.15) is 5.82 Å². The fraction of sp³-hybridized carbons (Fsp3) is 0.464. The first-order chi connectivity index (χ1) is 16.3. The van der Waals surface area contributed by atoms with Crippen LogP contribution in [0.1, 0.15) is 52.0 Å². The lowest BCUT2D eigenvalue weighted by atomic mass is 9.95. The lowest BCUT2D eigenvalue weighted by Gasteiger charge is -2.37. The maximum Gasteiger partial charge on any atom is 0.229 e. The van der Waals surface area contributed by atoms with Crippen molar-refractivity contribution >= 4 is 24.2 Å². The molecule has 3 atom stereocenters. The molecule has 1 aromatic rings. The first kappa shape index (κ1) is 26.0. The van der Waals surface area contributed by atoms with Crippen LogP contribution in [0.15, 0.2) is 77.6 Å². The van der Waals surface area contributed by atoms with E-state index in [-0.39, 0.29) is 23.8 Å². The number of amides is 1. The van der Waals surface area contributed by atoms with Crippen molar-refractivity contribution in [1.82, 2.24) is 14.8 Å². The summed E-state index contributed by atoms with van der Waals surface area (Å²) in [5, 5.41) is 0. The summed E-state index contributed by atoms with van der Waals surface area (Å²) in [6.07, 6.45) is 12.7. The molecule has 34 heavy (non-hydrogen) atoms. The third-order valence-corrected chi connectivity index (χ3v) is 7.14. The van der Waals surface area contributed by atoms with Crippen LogP contribution in [0.3, 0.4) is 0 Å². The normalized spacial score (nSPS) is 25.6. The van der Waals surface area contributed by atoms with E-state index in [4.69, 9.17) is 4.99 Å². The van der Waals surface area contributed by atoms with Crippen LogP contribution >= 0.6 is 12.6 Å². The molecule has 0 saturated carbocycles. The van der Waals surface area contributed by atoms with Crippen LogP contribution in [0.2, 0.25) is 0 Å². The van der Waals surface area contributed by atoms with Crippen LogP contribution < -0.4 is 0 Å². The second kappa shape index (κ2) is 11.7. The quantitative estimate of drug-likeness (QED) is 0.398. The predicted octanol–water partition coefficient (Wildman–Crippen LogP) is 5.80. The van der Waals surface area contributed by atoms with E-state index < -0.39 is 0 Å². The van der Waals surface area contributed by atoms with Crippen LogP contribution in [-0.2, 0) is 11.2 Å². The zero-order valence-electron chi connectivity index (χ0n) is 21.0. The topological polar surface area (TPSA) is 48.8 Å². The molecule has 0 aromatic carbocycles. The standard InChI is InChI=1S/C28H38N4OS/c1-7-10-22-14-24(18-34)20(4)32(25(15-22)16-23-11-9-12-29-17-23)27(8-2)30-26-13-19(3)28(33)31(6)21(26)5/h8-9,11-12,14,17,19,24-25,34H,4-5,7,10,13,15-16,18H2,1-3,6H3/b27-8+,30-26?/t19-,24?,25?/m0/s1. The minimum atomic E-state index is -0.117. The highest BCUT2D eigenvalue weighted by Gasteiger charge is 2.33. The van der Waals surface area contributed by atoms with E-state index in [1.54, 1.807) is 11.9 Å². The Morgan fingerprint density at radius 3 is 2.74 bits per heavy atom. The molecule has 2 aliphatic rings. The van der Waals surface area contributed by atoms with Crippen molar-refractivity contribution in [2.45, 2.75) is 58.9 Å². The van der Waals surface area contributed by atoms with Gasteiger partial charge in [0.25, 0.3) is 0 Å². The molecule has 2 unspecified atom stereocenters. The molecule has 0 N–H and O–H groups in total. The number of carbonyl (C=O) groups excluding carboxylic acids is 1. The van der Waals surface area contributed by atoms with Gasteiger partial charge in [0, 0.05) is 55.2 Å². The van der Waals surface area contributed by atoms with Gasteiger partial charge >= 0.3 is 0 Å². The molecular formula is C28H38N4OS. The molecule has 1 fully saturated rings. The van der Waals surface area contributed by atoms with E-state index in [0.717, 1.165) is 42.9 Å². The lowest BCUT2D eigenvalue weighted by Crippen LogP contribution is -2.41. The molecule has 182 valence electrons. The Morgan fingerprint density at radius 2 is 2.12 bits per heavy atom. The summed E-state index contributed by atoms with van der Waals surface area (Å²) < 4.78 is 0. The van der Waals surface area contributed by atoms with Gasteiger partial charge in [-0.2, -0.15) is 12.6 Å². The van der Waals surface area contributed by atoms with Gasteiger partial charge in [-0.05, 0) is 43.9 Å². The molecule has 3 heterocycles. The summed E-state index contributed by atoms with van der Waals surface area (Å²) in [4.78, 5) is 25.8. The highest BCUT2D eigenvalue weighted by Crippen LogP contribution is 2.36. The number of piperidine rings is 1. The molecule has 1 saturated heterocycles. The number of allylic oxidation sites excluding steroid dienone is 3. The Morgan fingerprint density at radius 1 is 1.35 bits per heavy atom. The molecule has 3 rings (SSSR count). The number of aromatic nitrogens is 1. The smallest absolute Gasteiger partial charge is 0.229 e. The number of likely N-dealkylation sites (tertiary alicyclic amines) is 1. The second-order valence-electron chi connectivity index (χ2n) is 9.30. The van der Waals surface area contributed by atoms with Gasteiger partial charge < -0.3 is 9.80 Å². The number of nitrogens with zero attached hydrogens (tertiary/aromatic N) is 4. The average Bonchev–Trinajstić information content (AvgIpc) is 2.96. The van der Waals surface area contributed by atoms with Crippen LogP contribution in [0.4, 0.5) is 0 Å². The molecule has 6 heteroatoms. The number of rotatable bonds is 7. The van der Waals surface area contributed by atoms with Gasteiger partial charge in [-0.15, -0.1) is 0 Å². The van der Waals surface area contributed by atoms with Crippen molar-refractivity contribution in [2.75, 3.05) is 12.8 Å². The van der Waals surface area contributed by atoms with Crippen LogP contribution in [0, 0.1) is 11.8 Å². The molecular weight excluding hydrogens is 440 g/mol. The van der Waals surface area contributed by atoms with Crippen molar-refractivity contribution in [2.24, 2.45) is 16.8 Å². The monoisotopic (exact) mass is 478 g/mol. The van der Waals surface area contributed by atoms with Crippen molar-refractivity contribution in [3.8, 4) is 0 Å². The predicted molar refractivity (Wildman–Crippen MR) is 145 cm³/mol. The molecule has 0 bridgehead atoms. The maximum atomic E-state index is 12.4. The summed E-state index contributed by atoms with van der Waals surface area (Å²) in [7, 11) is 1.78. The number of carbonyl (C=O) groups is 1. The van der Waals surface area contributed by atoms with Gasteiger partial charge in [-0.1, -0.05) is 51.1 Å². The van der Waals surface area contributed by atoms with Crippen molar-refractivity contribution in [3.05, 3.63) is 78.2 Å². The number of thiol groups is 1. The Kier molecular flexibility index (Phi) is 8.95. The van der Waals surface area contributed by atoms with Crippen LogP contribution in [-0.4, -0.2) is 45.2 Å². The van der Waals surface area contributed by atoms with E-state index in [9.17, 15) is 4.79 Å². The number of hydrogen-bond donors (Lipinski definition) is 1. The molecule has 0 spiro atoms. The van der Waals surface area contributed by atoms with E-state index >= 15 is 0 Å². The zero-order chi connectivity index (χ0) is 24.8. The third-order valence-electron chi connectivity index (χ3n) is 6.74. The van der Waals surface area contributed by atoms with Crippen LogP contribution in [0.25, 0.3) is 0 Å². The SMILES string of the molecule is C=C1C(=N/C(=C\C)N2C(=C)C(CS)C=C(CCC)CC2Cc2cccnc2)C[C@H](C)C(=O)N1C. The fourth-order valence-electron chi connectivity index (χ4n) is 4.87. The average molecular weight is 479 g/mol. The van der Waals surface area contributed by atoms with Crippen molar-refractivity contribution < 1.29 is 4.79 Å². The maximum absolute atomic E-state index is 12.4. The van der Waals surface area contributed by atoms with Crippen molar-refractivity contribution in [1.29, 1.82) is 0 Å². The summed E-state index contributed by atoms with van der Waals surface area (Å²) in [6.45, 7) is 14.9. The van der Waals surface area contributed by atoms with Gasteiger partial charge in [0.2, 0.25) is 5.91 Å². The summed E-state index contributed by atoms with van der Waals surface area (Å²) in [5.74, 6) is 1.65. The van der Waals surface area contributed by atoms with E-state index in [1.807, 2.05) is 38.4 Å². The first-order valence-corrected chi connectivity index (χ1v) is 12.8. The highest BCUT2D eigenvalue weighted by atomic mass is 32.1. The van der Waals surface area contributed by atoms with Crippen LogP contribution in [0.5, 0.6) is 0 Å². The van der Waals surface area contributed by atoms with E-state index in [1.165, 1.54) is 11.1 Å². The Labute approximate surface area is 210 Å². The Hall–Kier alpha value is -2.60. The molecule has 0 radical (unpaired) electrons. The molecule has 0 aliphatic carbocycles. The van der Waals surface area contributed by atoms with Gasteiger partial charge in [0.05, 0.1) is 11.4 Å². The summed E-state index contributed by atoms with van der Waals surface area (Å²) in [6, 6.07) is 4.27. The highest BCUT2D eigenvalue weighted by molar-refractivity contribution is 7.80. The molecule has 1 amide bonds. The fourth-order valence-corrected chi connectivity index (χ4v) is 5.18. The summed E-state index contributed by atoms with van der Waals surface area (Å²) >= 11 is 4.67. The van der Waals surface area contributed by atoms with E-state index in [0.29, 0.717) is 17.9 Å². The minimum absolute atomic E-state index is 0.0863. The molecule has 2 aliphatic heterocycles. The summed E-state index contributed by atoms with van der Waals surface area (Å²) in [5.41, 5.74) is 5.16. The largest absolute Gasteiger partial charge is 0.327 e.